The van der Waals surface area contributed by atoms with Crippen LogP contribution in [0.2, 0.25) is 0 Å². The predicted octanol–water partition coefficient (Wildman–Crippen LogP) is 36.6. The molecule has 2 fully saturated rings. The number of methoxy groups -OCH3 is 1. The summed E-state index contributed by atoms with van der Waals surface area (Å²) in [6.45, 7) is 49.3. The molecule has 1 spiro atoms. The zero-order valence-corrected chi connectivity index (χ0v) is 91.3. The maximum absolute atomic E-state index is 13.7. The summed E-state index contributed by atoms with van der Waals surface area (Å²) in [5, 5.41) is 5.51. The van der Waals surface area contributed by atoms with Crippen LogP contribution in [0.3, 0.4) is 0 Å². The van der Waals surface area contributed by atoms with Crippen LogP contribution in [-0.2, 0) is 18.4 Å². The predicted molar refractivity (Wildman–Crippen MR) is 607 cm³/mol. The fourth-order valence-electron chi connectivity index (χ4n) is 21.5. The zero-order valence-electron chi connectivity index (χ0n) is 91.3. The Labute approximate surface area is 876 Å². The highest BCUT2D eigenvalue weighted by Gasteiger charge is 2.46. The van der Waals surface area contributed by atoms with Gasteiger partial charge in [-0.25, -0.2) is 31.9 Å². The van der Waals surface area contributed by atoms with E-state index in [-0.39, 0.29) is 46.5 Å². The second-order valence-corrected chi connectivity index (χ2v) is 42.7. The number of rotatable bonds is 24. The minimum atomic E-state index is -0.233. The Bertz CT molecular complexity index is 7230. The van der Waals surface area contributed by atoms with Crippen LogP contribution < -0.4 is 15.0 Å². The Morgan fingerprint density at radius 2 is 0.892 bits per heavy atom. The second-order valence-electron chi connectivity index (χ2n) is 42.7. The summed E-state index contributed by atoms with van der Waals surface area (Å²) in [6, 6.07) is 87.8. The Hall–Kier alpha value is -13.7. The number of halogens is 5. The summed E-state index contributed by atoms with van der Waals surface area (Å²) in [4.78, 5) is 35.3. The van der Waals surface area contributed by atoms with Gasteiger partial charge in [-0.15, -0.1) is 0 Å². The Kier molecular flexibility index (Phi) is 36.4. The molecular weight excluding hydrogens is 1840 g/mol. The van der Waals surface area contributed by atoms with Crippen LogP contribution >= 0.6 is 0 Å². The van der Waals surface area contributed by atoms with Crippen molar-refractivity contribution in [1.29, 1.82) is 0 Å². The molecular formula is C132H149F5N8O3. The SMILES string of the molecule is CC(C)C1=C(c2ccc(F)cc2)c2ccccc2OC12CCCC2.CC(C)c1c(-c2ccc(F)cc2)c2ccccc2n1C(C)C.CC(C)c1c(C2CC2)nc2ccccc2c1-c1ccc(F)cc1.CCN(C)c1nc(-c2ccc(F)cc2)c(C(C)C)c(C(C)C)n1.COCc1c(C(C)C)nc(C(C)C)c(C(C)C)c1-c1ccc(F)cc1.Cc1ccc(-c2c(-c3ccccc3)c(C(=O)Nc3ccccc3)c(C(C)C)n2C)cc1. The normalized spacial score (nSPS) is 13.1. The Balaban J connectivity index is 0.000000141. The number of carbonyl (C=O) groups is 1. The van der Waals surface area contributed by atoms with Gasteiger partial charge in [0.15, 0.2) is 0 Å². The molecule has 1 amide bonds. The first-order valence-electron chi connectivity index (χ1n) is 53.1. The van der Waals surface area contributed by atoms with Gasteiger partial charge >= 0.3 is 0 Å². The average molecular weight is 1990 g/mol. The third-order valence-corrected chi connectivity index (χ3v) is 28.3. The van der Waals surface area contributed by atoms with Crippen molar-refractivity contribution in [3.05, 3.63) is 392 Å². The van der Waals surface area contributed by atoms with Crippen molar-refractivity contribution in [3.63, 3.8) is 0 Å². The van der Waals surface area contributed by atoms with Gasteiger partial charge in [0.1, 0.15) is 40.4 Å². The summed E-state index contributed by atoms with van der Waals surface area (Å²) < 4.78 is 83.7. The van der Waals surface area contributed by atoms with Crippen LogP contribution in [0.1, 0.15) is 327 Å². The molecule has 1 N–H and O–H groups in total. The number of nitrogens with one attached hydrogen (secondary N) is 1. The average Bonchev–Trinajstić information content (AvgIpc) is 1.50. The number of amides is 1. The van der Waals surface area contributed by atoms with Gasteiger partial charge in [-0.2, -0.15) is 0 Å². The van der Waals surface area contributed by atoms with Crippen molar-refractivity contribution >= 4 is 44.9 Å². The summed E-state index contributed by atoms with van der Waals surface area (Å²) in [5.74, 6) is 4.07. The molecule has 1 aliphatic heterocycles. The summed E-state index contributed by atoms with van der Waals surface area (Å²) in [5.41, 5.74) is 34.3. The van der Waals surface area contributed by atoms with Crippen molar-refractivity contribution < 1.29 is 36.2 Å². The molecule has 11 aromatic carbocycles. The fraction of sp³-hybridized carbons (Fsp3) is 0.341. The number of aromatic nitrogens is 6. The number of para-hydroxylation sites is 4. The van der Waals surface area contributed by atoms with E-state index in [2.05, 4.69) is 271 Å². The number of aryl methyl sites for hydroxylation is 1. The first kappa shape index (κ1) is 110. The molecule has 0 saturated heterocycles. The first-order chi connectivity index (χ1) is 70.8. The molecule has 0 radical (unpaired) electrons. The molecule has 2 aliphatic carbocycles. The van der Waals surface area contributed by atoms with E-state index in [4.69, 9.17) is 29.4 Å². The molecule has 148 heavy (non-hydrogen) atoms. The van der Waals surface area contributed by atoms with Crippen LogP contribution in [0, 0.1) is 41.9 Å². The van der Waals surface area contributed by atoms with Crippen molar-refractivity contribution in [2.75, 3.05) is 30.9 Å². The lowest BCUT2D eigenvalue weighted by Gasteiger charge is -2.41. The van der Waals surface area contributed by atoms with Crippen molar-refractivity contribution in [1.82, 2.24) is 29.1 Å². The molecule has 11 nitrogen and oxygen atoms in total. The highest BCUT2D eigenvalue weighted by atomic mass is 19.1. The first-order valence-corrected chi connectivity index (χ1v) is 53.1. The van der Waals surface area contributed by atoms with Crippen LogP contribution in [0.25, 0.3) is 94.4 Å². The molecule has 16 aromatic rings. The molecule has 2 saturated carbocycles. The van der Waals surface area contributed by atoms with E-state index in [0.29, 0.717) is 65.9 Å². The lowest BCUT2D eigenvalue weighted by atomic mass is 9.75. The van der Waals surface area contributed by atoms with Gasteiger partial charge in [0.2, 0.25) is 5.95 Å². The maximum Gasteiger partial charge on any atom is 0.258 e. The third kappa shape index (κ3) is 24.8. The van der Waals surface area contributed by atoms with Crippen molar-refractivity contribution in [2.24, 2.45) is 13.0 Å². The lowest BCUT2D eigenvalue weighted by molar-refractivity contribution is 0.101. The minimum absolute atomic E-state index is 0.0808. The van der Waals surface area contributed by atoms with E-state index in [0.717, 1.165) is 149 Å². The summed E-state index contributed by atoms with van der Waals surface area (Å²) >= 11 is 0. The molecule has 3 aliphatic rings. The molecule has 770 valence electrons. The molecule has 5 aromatic heterocycles. The van der Waals surface area contributed by atoms with E-state index >= 15 is 0 Å². The smallest absolute Gasteiger partial charge is 0.258 e. The third-order valence-electron chi connectivity index (χ3n) is 28.3. The zero-order chi connectivity index (χ0) is 106. The minimum Gasteiger partial charge on any atom is -0.482 e. The van der Waals surface area contributed by atoms with E-state index in [9.17, 15) is 26.7 Å². The van der Waals surface area contributed by atoms with Crippen molar-refractivity contribution in [3.8, 4) is 72.8 Å². The highest BCUT2D eigenvalue weighted by molar-refractivity contribution is 6.13. The van der Waals surface area contributed by atoms with E-state index < -0.39 is 0 Å². The molecule has 6 heterocycles. The molecule has 16 heteroatoms. The lowest BCUT2D eigenvalue weighted by Crippen LogP contribution is -2.40. The summed E-state index contributed by atoms with van der Waals surface area (Å²) in [6.07, 6.45) is 7.01. The van der Waals surface area contributed by atoms with E-state index in [1.807, 2.05) is 121 Å². The van der Waals surface area contributed by atoms with Gasteiger partial charge in [0.25, 0.3) is 5.91 Å². The second kappa shape index (κ2) is 49.0. The topological polar surface area (TPSA) is 112 Å². The van der Waals surface area contributed by atoms with Gasteiger partial charge in [-0.3, -0.25) is 14.8 Å². The summed E-state index contributed by atoms with van der Waals surface area (Å²) in [7, 11) is 5.77. The van der Waals surface area contributed by atoms with Gasteiger partial charge in [0.05, 0.1) is 34.8 Å². The quantitative estimate of drug-likeness (QED) is 0.0596. The molecule has 0 atom stereocenters. The number of benzene rings is 11. The van der Waals surface area contributed by atoms with Crippen LogP contribution in [0.15, 0.2) is 285 Å². The fourth-order valence-corrected chi connectivity index (χ4v) is 21.5. The van der Waals surface area contributed by atoms with Crippen LogP contribution in [0.4, 0.5) is 33.6 Å². The highest BCUT2D eigenvalue weighted by Crippen LogP contribution is 2.54. The Morgan fingerprint density at radius 3 is 1.39 bits per heavy atom. The van der Waals surface area contributed by atoms with Crippen molar-refractivity contribution in [2.45, 2.75) is 262 Å². The standard InChI is InChI=1S/C28H28N2O.C22H30FNO.C22H23FO.C21H20FN.C20H22FN.C19H26FN3/c1-19(2)26-25(28(31)29-23-13-9-6-10-14-23)24(21-11-7-5-8-12-21)27(30(26)4)22-17-15-20(3)16-18-22;1-13(2)19-20(16-8-10-17(23)11-9-16)18(12-25-7)21(14(3)4)24-22(19)15(5)6;1-15(2)21-20(16-9-11-17(23)12-10-16)18-7-3-4-8-19(18)24-22(21)13-5-6-14-22;1-13(2)19-20(14-9-11-16(22)12-10-14)17-5-3-4-6-18(17)23-21(19)15-7-8-15;1-13(2)20-19(15-9-11-16(21)12-10-15)17-7-5-6-8-18(17)22(20)14(3)4;1-7-23(6)19-21-17(13(4)5)16(12(2)3)18(22-19)14-8-10-15(20)11-9-14/h5-19H,1-4H3,(H,29,31);8-11,13-15H,12H2,1-7H3;3-4,7-12,15H,5-6,13-14H2,1-2H3;3-6,9-13,15H,7-8H2,1-2H3;5-14H,1-4H3;8-13H,7H2,1-6H3. The molecule has 0 bridgehead atoms. The number of hydrogen-bond donors (Lipinski definition) is 1. The van der Waals surface area contributed by atoms with Crippen LogP contribution in [0.5, 0.6) is 5.75 Å². The van der Waals surface area contributed by atoms with Gasteiger partial charge in [-0.1, -0.05) is 306 Å². The molecule has 0 unspecified atom stereocenters. The van der Waals surface area contributed by atoms with E-state index in [1.54, 1.807) is 55.6 Å². The molecule has 19 rings (SSSR count). The van der Waals surface area contributed by atoms with Crippen LogP contribution in [-0.4, -0.2) is 61.3 Å². The van der Waals surface area contributed by atoms with E-state index in [1.165, 1.54) is 117 Å². The number of fused-ring (bicyclic) bond motifs is 3. The van der Waals surface area contributed by atoms with Gasteiger partial charge in [-0.05, 0) is 289 Å². The number of nitrogens with zero attached hydrogens (tertiary/aromatic N) is 7. The number of hydrogen-bond acceptors (Lipinski definition) is 8. The Morgan fingerprint density at radius 1 is 0.439 bits per heavy atom. The monoisotopic (exact) mass is 1990 g/mol. The largest absolute Gasteiger partial charge is 0.482 e. The number of ether oxygens (including phenoxy) is 2. The number of pyridine rings is 2. The number of carbonyl (C=O) groups excluding carboxylic acids is 1. The van der Waals surface area contributed by atoms with Gasteiger partial charge < -0.3 is 28.8 Å². The maximum atomic E-state index is 13.7. The number of anilines is 2. The van der Waals surface area contributed by atoms with Gasteiger partial charge in [0, 0.05) is 124 Å².